The topological polar surface area (TPSA) is 49.8 Å². The van der Waals surface area contributed by atoms with E-state index < -0.39 is 0 Å². The molecule has 1 fully saturated rings. The van der Waals surface area contributed by atoms with Gasteiger partial charge in [-0.05, 0) is 17.5 Å². The lowest BCUT2D eigenvalue weighted by molar-refractivity contribution is -0.0181. The van der Waals surface area contributed by atoms with Crippen LogP contribution in [0.3, 0.4) is 0 Å². The molecule has 18 heavy (non-hydrogen) atoms. The Bertz CT molecular complexity index is 534. The van der Waals surface area contributed by atoms with Gasteiger partial charge in [-0.3, -0.25) is 4.79 Å². The van der Waals surface area contributed by atoms with Crippen LogP contribution in [-0.2, 0) is 4.74 Å². The van der Waals surface area contributed by atoms with Crippen LogP contribution in [0, 0.1) is 0 Å². The molecule has 96 valence electrons. The van der Waals surface area contributed by atoms with Gasteiger partial charge >= 0.3 is 0 Å². The SMILES string of the molecule is O=C(c1cc2sccc2s1)N1CCOCC1CO. The van der Waals surface area contributed by atoms with Gasteiger partial charge in [0.05, 0.1) is 30.7 Å². The Morgan fingerprint density at radius 1 is 1.56 bits per heavy atom. The fourth-order valence-electron chi connectivity index (χ4n) is 2.09. The summed E-state index contributed by atoms with van der Waals surface area (Å²) in [6.45, 7) is 1.46. The van der Waals surface area contributed by atoms with Gasteiger partial charge in [-0.25, -0.2) is 0 Å². The summed E-state index contributed by atoms with van der Waals surface area (Å²) in [5.74, 6) is 0.00532. The van der Waals surface area contributed by atoms with Gasteiger partial charge in [0.1, 0.15) is 0 Å². The Kier molecular flexibility index (Phi) is 3.34. The second kappa shape index (κ2) is 4.97. The molecule has 0 aliphatic carbocycles. The second-order valence-corrected chi connectivity index (χ2v) is 6.20. The minimum absolute atomic E-state index is 0.00532. The summed E-state index contributed by atoms with van der Waals surface area (Å²) >= 11 is 3.16. The molecule has 4 nitrogen and oxygen atoms in total. The van der Waals surface area contributed by atoms with E-state index in [9.17, 15) is 9.90 Å². The molecule has 1 unspecified atom stereocenters. The highest BCUT2D eigenvalue weighted by Gasteiger charge is 2.28. The molecule has 1 amide bonds. The molecule has 0 spiro atoms. The summed E-state index contributed by atoms with van der Waals surface area (Å²) in [5.41, 5.74) is 0. The molecule has 1 atom stereocenters. The molecular weight excluding hydrogens is 270 g/mol. The molecular formula is C12H13NO3S2. The fraction of sp³-hybridized carbons (Fsp3) is 0.417. The van der Waals surface area contributed by atoms with Crippen molar-refractivity contribution in [3.63, 3.8) is 0 Å². The van der Waals surface area contributed by atoms with Crippen molar-refractivity contribution in [1.82, 2.24) is 4.90 Å². The summed E-state index contributed by atoms with van der Waals surface area (Å²) < 4.78 is 7.59. The molecule has 3 rings (SSSR count). The number of thiophene rings is 2. The first-order chi connectivity index (χ1) is 8.79. The quantitative estimate of drug-likeness (QED) is 0.914. The number of aliphatic hydroxyl groups excluding tert-OH is 1. The van der Waals surface area contributed by atoms with Crippen LogP contribution in [0.2, 0.25) is 0 Å². The molecule has 1 aliphatic rings. The number of morpholine rings is 1. The normalized spacial score (nSPS) is 20.5. The van der Waals surface area contributed by atoms with Gasteiger partial charge in [0, 0.05) is 15.9 Å². The van der Waals surface area contributed by atoms with Gasteiger partial charge in [0.2, 0.25) is 0 Å². The number of aliphatic hydroxyl groups is 1. The van der Waals surface area contributed by atoms with Crippen molar-refractivity contribution < 1.29 is 14.6 Å². The van der Waals surface area contributed by atoms with E-state index in [0.29, 0.717) is 19.8 Å². The first-order valence-corrected chi connectivity index (χ1v) is 7.46. The fourth-order valence-corrected chi connectivity index (χ4v) is 4.15. The Morgan fingerprint density at radius 2 is 2.44 bits per heavy atom. The average molecular weight is 283 g/mol. The lowest BCUT2D eigenvalue weighted by atomic mass is 10.2. The van der Waals surface area contributed by atoms with Crippen molar-refractivity contribution in [2.45, 2.75) is 6.04 Å². The number of rotatable bonds is 2. The van der Waals surface area contributed by atoms with Crippen LogP contribution in [0.1, 0.15) is 9.67 Å². The highest BCUT2D eigenvalue weighted by Crippen LogP contribution is 2.31. The van der Waals surface area contributed by atoms with E-state index in [1.54, 1.807) is 16.2 Å². The zero-order valence-corrected chi connectivity index (χ0v) is 11.3. The van der Waals surface area contributed by atoms with Crippen molar-refractivity contribution in [2.75, 3.05) is 26.4 Å². The van der Waals surface area contributed by atoms with Gasteiger partial charge in [0.25, 0.3) is 5.91 Å². The molecule has 1 N–H and O–H groups in total. The molecule has 2 aromatic heterocycles. The van der Waals surface area contributed by atoms with E-state index in [2.05, 4.69) is 0 Å². The zero-order valence-electron chi connectivity index (χ0n) is 9.67. The summed E-state index contributed by atoms with van der Waals surface area (Å²) in [7, 11) is 0. The van der Waals surface area contributed by atoms with Crippen molar-refractivity contribution in [3.8, 4) is 0 Å². The standard InChI is InChI=1S/C12H13NO3S2/c14-6-8-7-16-3-2-13(8)12(15)11-5-10-9(18-11)1-4-17-10/h1,4-5,8,14H,2-3,6-7H2. The predicted octanol–water partition coefficient (Wildman–Crippen LogP) is 1.80. The molecule has 3 heterocycles. The lowest BCUT2D eigenvalue weighted by Gasteiger charge is -2.34. The maximum absolute atomic E-state index is 12.4. The van der Waals surface area contributed by atoms with Crippen LogP contribution in [-0.4, -0.2) is 48.3 Å². The maximum Gasteiger partial charge on any atom is 0.264 e. The number of amides is 1. The molecule has 0 bridgehead atoms. The highest BCUT2D eigenvalue weighted by atomic mass is 32.1. The number of carbonyl (C=O) groups excluding carboxylic acids is 1. The van der Waals surface area contributed by atoms with Gasteiger partial charge in [-0.2, -0.15) is 0 Å². The Hall–Kier alpha value is -0.950. The number of carbonyl (C=O) groups is 1. The zero-order chi connectivity index (χ0) is 12.5. The third-order valence-electron chi connectivity index (χ3n) is 3.05. The van der Waals surface area contributed by atoms with E-state index >= 15 is 0 Å². The van der Waals surface area contributed by atoms with Crippen LogP contribution in [0.25, 0.3) is 9.40 Å². The first-order valence-electron chi connectivity index (χ1n) is 5.76. The molecule has 1 saturated heterocycles. The van der Waals surface area contributed by atoms with E-state index in [1.807, 2.05) is 17.5 Å². The van der Waals surface area contributed by atoms with Crippen LogP contribution in [0.4, 0.5) is 0 Å². The van der Waals surface area contributed by atoms with Gasteiger partial charge in [0.15, 0.2) is 0 Å². The molecule has 6 heteroatoms. The van der Waals surface area contributed by atoms with Crippen molar-refractivity contribution in [3.05, 3.63) is 22.4 Å². The molecule has 0 radical (unpaired) electrons. The Labute approximate surface area is 112 Å². The number of ether oxygens (including phenoxy) is 1. The average Bonchev–Trinajstić information content (AvgIpc) is 2.98. The van der Waals surface area contributed by atoms with Gasteiger partial charge < -0.3 is 14.7 Å². The van der Waals surface area contributed by atoms with Crippen molar-refractivity contribution in [2.24, 2.45) is 0 Å². The monoisotopic (exact) mass is 283 g/mol. The second-order valence-electron chi connectivity index (χ2n) is 4.17. The van der Waals surface area contributed by atoms with E-state index in [0.717, 1.165) is 14.3 Å². The molecule has 0 aromatic carbocycles. The third kappa shape index (κ3) is 2.05. The number of hydrogen-bond donors (Lipinski definition) is 1. The summed E-state index contributed by atoms with van der Waals surface area (Å²) in [6, 6.07) is 3.76. The number of nitrogens with zero attached hydrogens (tertiary/aromatic N) is 1. The van der Waals surface area contributed by atoms with Crippen LogP contribution in [0.5, 0.6) is 0 Å². The Balaban J connectivity index is 1.86. The summed E-state index contributed by atoms with van der Waals surface area (Å²) in [4.78, 5) is 14.9. The van der Waals surface area contributed by atoms with Gasteiger partial charge in [-0.15, -0.1) is 22.7 Å². The van der Waals surface area contributed by atoms with E-state index in [-0.39, 0.29) is 18.6 Å². The largest absolute Gasteiger partial charge is 0.394 e. The van der Waals surface area contributed by atoms with Crippen LogP contribution >= 0.6 is 22.7 Å². The van der Waals surface area contributed by atoms with Crippen LogP contribution in [0.15, 0.2) is 17.5 Å². The minimum atomic E-state index is -0.216. The van der Waals surface area contributed by atoms with E-state index in [1.165, 1.54) is 11.3 Å². The first kappa shape index (κ1) is 12.1. The van der Waals surface area contributed by atoms with Crippen molar-refractivity contribution >= 4 is 38.0 Å². The smallest absolute Gasteiger partial charge is 0.264 e. The third-order valence-corrected chi connectivity index (χ3v) is 5.13. The summed E-state index contributed by atoms with van der Waals surface area (Å²) in [5, 5.41) is 11.3. The van der Waals surface area contributed by atoms with E-state index in [4.69, 9.17) is 4.74 Å². The van der Waals surface area contributed by atoms with Gasteiger partial charge in [-0.1, -0.05) is 0 Å². The molecule has 1 aliphatic heterocycles. The Morgan fingerprint density at radius 3 is 3.22 bits per heavy atom. The highest BCUT2D eigenvalue weighted by molar-refractivity contribution is 7.27. The summed E-state index contributed by atoms with van der Waals surface area (Å²) in [6.07, 6.45) is 0. The van der Waals surface area contributed by atoms with Crippen molar-refractivity contribution in [1.29, 1.82) is 0 Å². The van der Waals surface area contributed by atoms with Crippen LogP contribution < -0.4 is 0 Å². The minimum Gasteiger partial charge on any atom is -0.394 e. The lowest BCUT2D eigenvalue weighted by Crippen LogP contribution is -2.50. The maximum atomic E-state index is 12.4. The molecule has 2 aromatic rings. The number of fused-ring (bicyclic) bond motifs is 1. The number of hydrogen-bond acceptors (Lipinski definition) is 5. The molecule has 0 saturated carbocycles. The predicted molar refractivity (Wildman–Crippen MR) is 72.4 cm³/mol.